The summed E-state index contributed by atoms with van der Waals surface area (Å²) in [5.41, 5.74) is 0. The van der Waals surface area contributed by atoms with Gasteiger partial charge >= 0.3 is 0 Å². The van der Waals surface area contributed by atoms with E-state index in [1.807, 2.05) is 0 Å². The Balaban J connectivity index is 0.000001000. The van der Waals surface area contributed by atoms with Crippen LogP contribution in [0, 0.1) is 5.92 Å². The van der Waals surface area contributed by atoms with Crippen LogP contribution in [0.5, 0.6) is 0 Å². The maximum absolute atomic E-state index is 10.5. The van der Waals surface area contributed by atoms with Crippen molar-refractivity contribution in [3.63, 3.8) is 0 Å². The first kappa shape index (κ1) is 10.7. The lowest BCUT2D eigenvalue weighted by Crippen LogP contribution is -2.27. The molecule has 0 spiro atoms. The molecule has 1 heterocycles. The van der Waals surface area contributed by atoms with E-state index in [0.29, 0.717) is 5.92 Å². The Labute approximate surface area is 73.3 Å². The lowest BCUT2D eigenvalue weighted by atomic mass is 10.1. The Hall–Kier alpha value is -0.280. The van der Waals surface area contributed by atoms with Gasteiger partial charge in [0.15, 0.2) is 0 Å². The van der Waals surface area contributed by atoms with Crippen LogP contribution in [0.1, 0.15) is 13.3 Å². The molecule has 0 aliphatic carbocycles. The first-order chi connectivity index (χ1) is 4.79. The minimum Gasteiger partial charge on any atom is -0.356 e. The number of carbonyl (C=O) groups is 1. The second-order valence-electron chi connectivity index (χ2n) is 2.80. The standard InChI is InChI=1S/C7H14N2O.ClH/c1-6(10)9-5-7-2-3-8-4-7;/h7-8H,2-5H2,1H3,(H,9,10);1H. The highest BCUT2D eigenvalue weighted by molar-refractivity contribution is 5.85. The molecule has 0 radical (unpaired) electrons. The van der Waals surface area contributed by atoms with Crippen LogP contribution in [0.4, 0.5) is 0 Å². The van der Waals surface area contributed by atoms with Crippen molar-refractivity contribution in [3.8, 4) is 0 Å². The molecule has 66 valence electrons. The Morgan fingerprint density at radius 2 is 2.45 bits per heavy atom. The van der Waals surface area contributed by atoms with Gasteiger partial charge in [-0.15, -0.1) is 12.4 Å². The predicted molar refractivity (Wildman–Crippen MR) is 46.9 cm³/mol. The van der Waals surface area contributed by atoms with Gasteiger partial charge in [0.1, 0.15) is 0 Å². The molecule has 0 aromatic carbocycles. The van der Waals surface area contributed by atoms with Crippen molar-refractivity contribution in [2.24, 2.45) is 5.92 Å². The summed E-state index contributed by atoms with van der Waals surface area (Å²) in [4.78, 5) is 10.5. The molecule has 0 bridgehead atoms. The highest BCUT2D eigenvalue weighted by Gasteiger charge is 2.13. The summed E-state index contributed by atoms with van der Waals surface area (Å²) in [5, 5.41) is 6.05. The van der Waals surface area contributed by atoms with Crippen LogP contribution in [0.2, 0.25) is 0 Å². The van der Waals surface area contributed by atoms with Gasteiger partial charge in [0.2, 0.25) is 5.91 Å². The van der Waals surface area contributed by atoms with E-state index in [-0.39, 0.29) is 18.3 Å². The van der Waals surface area contributed by atoms with Gasteiger partial charge in [-0.3, -0.25) is 4.79 Å². The molecule has 0 aromatic rings. The number of hydrogen-bond donors (Lipinski definition) is 2. The molecule has 1 aliphatic heterocycles. The molecule has 1 rings (SSSR count). The van der Waals surface area contributed by atoms with Gasteiger partial charge in [-0.1, -0.05) is 0 Å². The highest BCUT2D eigenvalue weighted by atomic mass is 35.5. The summed E-state index contributed by atoms with van der Waals surface area (Å²) in [5.74, 6) is 0.732. The van der Waals surface area contributed by atoms with Crippen molar-refractivity contribution in [2.45, 2.75) is 13.3 Å². The third-order valence-corrected chi connectivity index (χ3v) is 1.80. The third kappa shape index (κ3) is 4.22. The second-order valence-corrected chi connectivity index (χ2v) is 2.80. The van der Waals surface area contributed by atoms with Crippen LogP contribution >= 0.6 is 12.4 Å². The number of hydrogen-bond acceptors (Lipinski definition) is 2. The van der Waals surface area contributed by atoms with Crippen LogP contribution in [0.3, 0.4) is 0 Å². The first-order valence-electron chi connectivity index (χ1n) is 3.74. The average Bonchev–Trinajstić information content (AvgIpc) is 2.34. The maximum Gasteiger partial charge on any atom is 0.216 e. The molecule has 1 amide bonds. The Morgan fingerprint density at radius 1 is 1.73 bits per heavy atom. The van der Waals surface area contributed by atoms with Gasteiger partial charge < -0.3 is 10.6 Å². The van der Waals surface area contributed by atoms with E-state index in [9.17, 15) is 4.79 Å². The van der Waals surface area contributed by atoms with Crippen molar-refractivity contribution in [1.29, 1.82) is 0 Å². The zero-order valence-electron chi connectivity index (χ0n) is 6.72. The predicted octanol–water partition coefficient (Wildman–Crippen LogP) is 0.154. The van der Waals surface area contributed by atoms with Gasteiger partial charge in [0.25, 0.3) is 0 Å². The van der Waals surface area contributed by atoms with E-state index in [1.165, 1.54) is 6.42 Å². The largest absolute Gasteiger partial charge is 0.356 e. The van der Waals surface area contributed by atoms with E-state index in [4.69, 9.17) is 0 Å². The van der Waals surface area contributed by atoms with Gasteiger partial charge in [0, 0.05) is 13.5 Å². The lowest BCUT2D eigenvalue weighted by molar-refractivity contribution is -0.119. The molecule has 2 N–H and O–H groups in total. The molecule has 1 unspecified atom stereocenters. The number of amides is 1. The molecule has 1 atom stereocenters. The quantitative estimate of drug-likeness (QED) is 0.633. The van der Waals surface area contributed by atoms with Crippen molar-refractivity contribution in [1.82, 2.24) is 10.6 Å². The Kier molecular flexibility index (Phi) is 5.24. The summed E-state index contributed by atoms with van der Waals surface area (Å²) < 4.78 is 0. The summed E-state index contributed by atoms with van der Waals surface area (Å²) in [6.07, 6.45) is 1.19. The SMILES string of the molecule is CC(=O)NCC1CCNC1.Cl. The fourth-order valence-corrected chi connectivity index (χ4v) is 1.18. The monoisotopic (exact) mass is 178 g/mol. The van der Waals surface area contributed by atoms with Crippen molar-refractivity contribution >= 4 is 18.3 Å². The van der Waals surface area contributed by atoms with Crippen molar-refractivity contribution in [3.05, 3.63) is 0 Å². The molecule has 0 saturated carbocycles. The van der Waals surface area contributed by atoms with E-state index in [0.717, 1.165) is 19.6 Å². The fourth-order valence-electron chi connectivity index (χ4n) is 1.18. The second kappa shape index (κ2) is 5.38. The van der Waals surface area contributed by atoms with E-state index < -0.39 is 0 Å². The van der Waals surface area contributed by atoms with E-state index in [2.05, 4.69) is 10.6 Å². The number of nitrogens with one attached hydrogen (secondary N) is 2. The van der Waals surface area contributed by atoms with Crippen LogP contribution in [-0.4, -0.2) is 25.5 Å². The normalized spacial score (nSPS) is 22.5. The Morgan fingerprint density at radius 3 is 2.91 bits per heavy atom. The number of carbonyl (C=O) groups excluding carboxylic acids is 1. The minimum atomic E-state index is 0. The molecular weight excluding hydrogens is 164 g/mol. The highest BCUT2D eigenvalue weighted by Crippen LogP contribution is 2.04. The minimum absolute atomic E-state index is 0. The van der Waals surface area contributed by atoms with Crippen LogP contribution in [-0.2, 0) is 4.79 Å². The summed E-state index contributed by atoms with van der Waals surface area (Å²) >= 11 is 0. The molecule has 1 aliphatic rings. The summed E-state index contributed by atoms with van der Waals surface area (Å²) in [6, 6.07) is 0. The first-order valence-corrected chi connectivity index (χ1v) is 3.74. The summed E-state index contributed by atoms with van der Waals surface area (Å²) in [7, 11) is 0. The topological polar surface area (TPSA) is 41.1 Å². The molecule has 3 nitrogen and oxygen atoms in total. The Bertz CT molecular complexity index is 124. The fraction of sp³-hybridized carbons (Fsp3) is 0.857. The number of rotatable bonds is 2. The van der Waals surface area contributed by atoms with Gasteiger partial charge in [-0.2, -0.15) is 0 Å². The van der Waals surface area contributed by atoms with Gasteiger partial charge in [0.05, 0.1) is 0 Å². The van der Waals surface area contributed by atoms with E-state index in [1.54, 1.807) is 6.92 Å². The zero-order chi connectivity index (χ0) is 7.40. The lowest BCUT2D eigenvalue weighted by Gasteiger charge is -2.06. The average molecular weight is 179 g/mol. The van der Waals surface area contributed by atoms with Crippen LogP contribution in [0.25, 0.3) is 0 Å². The third-order valence-electron chi connectivity index (χ3n) is 1.80. The van der Waals surface area contributed by atoms with Crippen molar-refractivity contribution < 1.29 is 4.79 Å². The van der Waals surface area contributed by atoms with Crippen LogP contribution in [0.15, 0.2) is 0 Å². The molecule has 1 fully saturated rings. The van der Waals surface area contributed by atoms with E-state index >= 15 is 0 Å². The maximum atomic E-state index is 10.5. The van der Waals surface area contributed by atoms with Crippen molar-refractivity contribution in [2.75, 3.05) is 19.6 Å². The molecule has 0 aromatic heterocycles. The molecule has 1 saturated heterocycles. The summed E-state index contributed by atoms with van der Waals surface area (Å²) in [6.45, 7) is 4.55. The smallest absolute Gasteiger partial charge is 0.216 e. The zero-order valence-corrected chi connectivity index (χ0v) is 7.54. The van der Waals surface area contributed by atoms with Crippen LogP contribution < -0.4 is 10.6 Å². The van der Waals surface area contributed by atoms with Gasteiger partial charge in [-0.05, 0) is 25.4 Å². The molecule has 4 heteroatoms. The number of halogens is 1. The molecular formula is C7H15ClN2O. The van der Waals surface area contributed by atoms with Gasteiger partial charge in [-0.25, -0.2) is 0 Å². The molecule has 11 heavy (non-hydrogen) atoms.